The lowest BCUT2D eigenvalue weighted by Crippen LogP contribution is -2.44. The molecule has 0 bridgehead atoms. The lowest BCUT2D eigenvalue weighted by Gasteiger charge is -2.25. The molecule has 0 aliphatic rings. The Bertz CT molecular complexity index is 178. The van der Waals surface area contributed by atoms with Crippen LogP contribution in [0.3, 0.4) is 0 Å². The molecule has 14 heavy (non-hydrogen) atoms. The van der Waals surface area contributed by atoms with Crippen LogP contribution in [0.2, 0.25) is 0 Å². The normalized spacial score (nSPS) is 13.8. The van der Waals surface area contributed by atoms with Crippen LogP contribution in [0.25, 0.3) is 0 Å². The van der Waals surface area contributed by atoms with E-state index in [1.807, 2.05) is 13.8 Å². The Hall–Kier alpha value is -0.570. The van der Waals surface area contributed by atoms with Gasteiger partial charge in [0.15, 0.2) is 0 Å². The molecule has 84 valence electrons. The van der Waals surface area contributed by atoms with Gasteiger partial charge >= 0.3 is 0 Å². The third-order valence-electron chi connectivity index (χ3n) is 2.46. The van der Waals surface area contributed by atoms with Gasteiger partial charge in [-0.3, -0.25) is 4.79 Å². The second-order valence-electron chi connectivity index (χ2n) is 4.53. The Morgan fingerprint density at radius 3 is 2.43 bits per heavy atom. The average Bonchev–Trinajstić information content (AvgIpc) is 2.14. The van der Waals surface area contributed by atoms with Crippen LogP contribution in [-0.4, -0.2) is 25.5 Å². The molecule has 0 aliphatic carbocycles. The highest BCUT2D eigenvalue weighted by Crippen LogP contribution is 2.13. The van der Waals surface area contributed by atoms with E-state index in [2.05, 4.69) is 24.5 Å². The van der Waals surface area contributed by atoms with Gasteiger partial charge in [-0.25, -0.2) is 0 Å². The van der Waals surface area contributed by atoms with Crippen molar-refractivity contribution in [1.29, 1.82) is 0 Å². The summed E-state index contributed by atoms with van der Waals surface area (Å²) >= 11 is 0. The zero-order chi connectivity index (χ0) is 11.2. The summed E-state index contributed by atoms with van der Waals surface area (Å²) in [5, 5.41) is 6.06. The van der Waals surface area contributed by atoms with Gasteiger partial charge in [0, 0.05) is 19.6 Å². The molecule has 3 heteroatoms. The van der Waals surface area contributed by atoms with Crippen molar-refractivity contribution < 1.29 is 4.79 Å². The van der Waals surface area contributed by atoms with E-state index in [-0.39, 0.29) is 11.3 Å². The van der Waals surface area contributed by atoms with Crippen molar-refractivity contribution in [3.8, 4) is 0 Å². The Labute approximate surface area is 87.6 Å². The van der Waals surface area contributed by atoms with Crippen molar-refractivity contribution in [2.75, 3.05) is 13.6 Å². The molecule has 3 nitrogen and oxygen atoms in total. The molecular formula is C11H24N2O. The van der Waals surface area contributed by atoms with E-state index in [1.165, 1.54) is 6.42 Å². The van der Waals surface area contributed by atoms with E-state index in [4.69, 9.17) is 0 Å². The standard InChI is InChI=1S/C11H24N2O/c1-6-7-9(2)13-8-11(3,4)10(14)12-5/h9,13H,6-8H2,1-5H3,(H,12,14). The van der Waals surface area contributed by atoms with Crippen LogP contribution in [0, 0.1) is 5.41 Å². The molecule has 0 aromatic rings. The van der Waals surface area contributed by atoms with Gasteiger partial charge in [-0.1, -0.05) is 13.3 Å². The summed E-state index contributed by atoms with van der Waals surface area (Å²) in [6.45, 7) is 8.97. The summed E-state index contributed by atoms with van der Waals surface area (Å²) in [6.07, 6.45) is 2.33. The maximum absolute atomic E-state index is 11.5. The first-order valence-corrected chi connectivity index (χ1v) is 5.39. The largest absolute Gasteiger partial charge is 0.359 e. The quantitative estimate of drug-likeness (QED) is 0.683. The summed E-state index contributed by atoms with van der Waals surface area (Å²) in [4.78, 5) is 11.5. The number of amides is 1. The topological polar surface area (TPSA) is 41.1 Å². The Balaban J connectivity index is 3.92. The molecule has 0 spiro atoms. The van der Waals surface area contributed by atoms with E-state index in [9.17, 15) is 4.79 Å². The van der Waals surface area contributed by atoms with Gasteiger partial charge in [0.2, 0.25) is 5.91 Å². The Morgan fingerprint density at radius 1 is 1.43 bits per heavy atom. The highest BCUT2D eigenvalue weighted by atomic mass is 16.2. The van der Waals surface area contributed by atoms with Crippen LogP contribution < -0.4 is 10.6 Å². The highest BCUT2D eigenvalue weighted by Gasteiger charge is 2.26. The predicted molar refractivity (Wildman–Crippen MR) is 60.2 cm³/mol. The zero-order valence-electron chi connectivity index (χ0n) is 10.1. The van der Waals surface area contributed by atoms with E-state index < -0.39 is 0 Å². The van der Waals surface area contributed by atoms with Crippen molar-refractivity contribution in [2.45, 2.75) is 46.6 Å². The van der Waals surface area contributed by atoms with Crippen molar-refractivity contribution in [1.82, 2.24) is 10.6 Å². The Kier molecular flexibility index (Phi) is 5.77. The molecule has 0 aliphatic heterocycles. The maximum Gasteiger partial charge on any atom is 0.226 e. The van der Waals surface area contributed by atoms with Crippen LogP contribution >= 0.6 is 0 Å². The van der Waals surface area contributed by atoms with Crippen molar-refractivity contribution >= 4 is 5.91 Å². The molecule has 0 saturated heterocycles. The fourth-order valence-corrected chi connectivity index (χ4v) is 1.38. The molecule has 0 aromatic carbocycles. The molecule has 0 aromatic heterocycles. The average molecular weight is 200 g/mol. The van der Waals surface area contributed by atoms with E-state index >= 15 is 0 Å². The van der Waals surface area contributed by atoms with E-state index in [1.54, 1.807) is 7.05 Å². The van der Waals surface area contributed by atoms with Gasteiger partial charge in [-0.15, -0.1) is 0 Å². The molecule has 0 rings (SSSR count). The molecule has 0 fully saturated rings. The second-order valence-corrected chi connectivity index (χ2v) is 4.53. The minimum absolute atomic E-state index is 0.0914. The third kappa shape index (κ3) is 4.61. The summed E-state index contributed by atoms with van der Waals surface area (Å²) in [7, 11) is 1.68. The van der Waals surface area contributed by atoms with Crippen LogP contribution in [0.4, 0.5) is 0 Å². The van der Waals surface area contributed by atoms with Crippen molar-refractivity contribution in [3.63, 3.8) is 0 Å². The Morgan fingerprint density at radius 2 is 2.00 bits per heavy atom. The van der Waals surface area contributed by atoms with Gasteiger partial charge < -0.3 is 10.6 Å². The monoisotopic (exact) mass is 200 g/mol. The number of carbonyl (C=O) groups is 1. The predicted octanol–water partition coefficient (Wildman–Crippen LogP) is 1.54. The third-order valence-corrected chi connectivity index (χ3v) is 2.46. The minimum Gasteiger partial charge on any atom is -0.359 e. The molecule has 0 saturated carbocycles. The summed E-state index contributed by atoms with van der Waals surface area (Å²) in [6, 6.07) is 0.490. The molecule has 0 heterocycles. The first-order valence-electron chi connectivity index (χ1n) is 5.39. The van der Waals surface area contributed by atoms with Gasteiger partial charge in [-0.05, 0) is 27.2 Å². The maximum atomic E-state index is 11.5. The van der Waals surface area contributed by atoms with Gasteiger partial charge in [0.05, 0.1) is 5.41 Å². The molecule has 0 radical (unpaired) electrons. The highest BCUT2D eigenvalue weighted by molar-refractivity contribution is 5.81. The number of hydrogen-bond acceptors (Lipinski definition) is 2. The van der Waals surface area contributed by atoms with Crippen LogP contribution in [0.15, 0.2) is 0 Å². The molecule has 1 atom stereocenters. The number of carbonyl (C=O) groups excluding carboxylic acids is 1. The second kappa shape index (κ2) is 6.02. The summed E-state index contributed by atoms with van der Waals surface area (Å²) in [5.74, 6) is 0.0914. The molecule has 1 unspecified atom stereocenters. The van der Waals surface area contributed by atoms with Crippen molar-refractivity contribution in [3.05, 3.63) is 0 Å². The van der Waals surface area contributed by atoms with Crippen molar-refractivity contribution in [2.24, 2.45) is 5.41 Å². The lowest BCUT2D eigenvalue weighted by molar-refractivity contribution is -0.128. The number of rotatable bonds is 6. The minimum atomic E-state index is -0.323. The molecular weight excluding hydrogens is 176 g/mol. The fourth-order valence-electron chi connectivity index (χ4n) is 1.38. The number of hydrogen-bond donors (Lipinski definition) is 2. The summed E-state index contributed by atoms with van der Waals surface area (Å²) < 4.78 is 0. The van der Waals surface area contributed by atoms with E-state index in [0.717, 1.165) is 13.0 Å². The van der Waals surface area contributed by atoms with Crippen LogP contribution in [0.5, 0.6) is 0 Å². The van der Waals surface area contributed by atoms with Crippen LogP contribution in [-0.2, 0) is 4.79 Å². The van der Waals surface area contributed by atoms with Gasteiger partial charge in [0.25, 0.3) is 0 Å². The first kappa shape index (κ1) is 13.4. The molecule has 1 amide bonds. The van der Waals surface area contributed by atoms with E-state index in [0.29, 0.717) is 6.04 Å². The van der Waals surface area contributed by atoms with Gasteiger partial charge in [0.1, 0.15) is 0 Å². The smallest absolute Gasteiger partial charge is 0.226 e. The lowest BCUT2D eigenvalue weighted by atomic mass is 9.92. The van der Waals surface area contributed by atoms with Gasteiger partial charge in [-0.2, -0.15) is 0 Å². The fraction of sp³-hybridized carbons (Fsp3) is 0.909. The van der Waals surface area contributed by atoms with Crippen LogP contribution in [0.1, 0.15) is 40.5 Å². The molecule has 2 N–H and O–H groups in total. The summed E-state index contributed by atoms with van der Waals surface area (Å²) in [5.41, 5.74) is -0.323. The first-order chi connectivity index (χ1) is 6.44. The number of nitrogens with one attached hydrogen (secondary N) is 2. The SMILES string of the molecule is CCCC(C)NCC(C)(C)C(=O)NC. The zero-order valence-corrected chi connectivity index (χ0v) is 10.1.